The van der Waals surface area contributed by atoms with Crippen LogP contribution in [0.15, 0.2) is 16.6 Å². The average Bonchev–Trinajstić information content (AvgIpc) is 2.86. The van der Waals surface area contributed by atoms with Crippen LogP contribution in [0, 0.1) is 12.3 Å². The summed E-state index contributed by atoms with van der Waals surface area (Å²) < 4.78 is 6.14. The summed E-state index contributed by atoms with van der Waals surface area (Å²) in [6.45, 7) is 4.20. The molecule has 1 aliphatic heterocycles. The highest BCUT2D eigenvalue weighted by Gasteiger charge is 2.42. The van der Waals surface area contributed by atoms with Crippen LogP contribution < -0.4 is 10.1 Å². The Balaban J connectivity index is 2.14. The van der Waals surface area contributed by atoms with Crippen molar-refractivity contribution < 1.29 is 19.4 Å². The first kappa shape index (κ1) is 16.6. The maximum absolute atomic E-state index is 12.3. The molecule has 1 atom stereocenters. The molecule has 1 saturated heterocycles. The normalized spacial score (nSPS) is 20.8. The number of anilines is 1. The number of ether oxygens (including phenoxy) is 1. The molecule has 1 aliphatic rings. The second-order valence-electron chi connectivity index (χ2n) is 5.77. The van der Waals surface area contributed by atoms with Gasteiger partial charge in [-0.15, -0.1) is 0 Å². The van der Waals surface area contributed by atoms with Crippen LogP contribution in [0.3, 0.4) is 0 Å². The smallest absolute Gasteiger partial charge is 0.321 e. The minimum absolute atomic E-state index is 0.198. The van der Waals surface area contributed by atoms with E-state index in [-0.39, 0.29) is 12.6 Å². The highest BCUT2D eigenvalue weighted by molar-refractivity contribution is 9.10. The number of amides is 2. The Morgan fingerprint density at radius 2 is 2.14 bits per heavy atom. The van der Waals surface area contributed by atoms with Crippen molar-refractivity contribution in [2.75, 3.05) is 25.5 Å². The summed E-state index contributed by atoms with van der Waals surface area (Å²) in [4.78, 5) is 25.1. The number of benzene rings is 1. The molecule has 0 radical (unpaired) electrons. The van der Waals surface area contributed by atoms with Crippen molar-refractivity contribution in [1.29, 1.82) is 0 Å². The zero-order valence-electron chi connectivity index (χ0n) is 12.8. The first-order chi connectivity index (χ1) is 10.3. The fourth-order valence-corrected chi connectivity index (χ4v) is 2.77. The molecule has 0 bridgehead atoms. The van der Waals surface area contributed by atoms with E-state index >= 15 is 0 Å². The van der Waals surface area contributed by atoms with E-state index < -0.39 is 11.4 Å². The molecule has 0 saturated carbocycles. The molecule has 7 heteroatoms. The maximum atomic E-state index is 12.3. The number of nitrogens with zero attached hydrogens (tertiary/aromatic N) is 1. The molecule has 1 aromatic carbocycles. The summed E-state index contributed by atoms with van der Waals surface area (Å²) in [5, 5.41) is 12.0. The summed E-state index contributed by atoms with van der Waals surface area (Å²) in [5.41, 5.74) is 0.665. The zero-order valence-corrected chi connectivity index (χ0v) is 14.4. The number of rotatable bonds is 3. The lowest BCUT2D eigenvalue weighted by molar-refractivity contribution is -0.146. The van der Waals surface area contributed by atoms with E-state index in [0.717, 1.165) is 10.0 Å². The number of hydrogen-bond donors (Lipinski definition) is 2. The number of aliphatic carboxylic acids is 1. The quantitative estimate of drug-likeness (QED) is 0.856. The fourth-order valence-electron chi connectivity index (χ4n) is 2.42. The van der Waals surface area contributed by atoms with Crippen molar-refractivity contribution in [2.24, 2.45) is 5.41 Å². The van der Waals surface area contributed by atoms with Crippen LogP contribution in [0.25, 0.3) is 0 Å². The van der Waals surface area contributed by atoms with E-state index in [1.807, 2.05) is 13.0 Å². The Bertz CT molecular complexity index is 620. The first-order valence-electron chi connectivity index (χ1n) is 6.90. The molecule has 1 heterocycles. The molecule has 1 aromatic rings. The van der Waals surface area contributed by atoms with Crippen molar-refractivity contribution >= 4 is 33.6 Å². The van der Waals surface area contributed by atoms with Gasteiger partial charge in [0.2, 0.25) is 0 Å². The van der Waals surface area contributed by atoms with Gasteiger partial charge in [-0.2, -0.15) is 0 Å². The lowest BCUT2D eigenvalue weighted by Crippen LogP contribution is -2.37. The predicted molar refractivity (Wildman–Crippen MR) is 86.4 cm³/mol. The number of hydrogen-bond acceptors (Lipinski definition) is 3. The second-order valence-corrected chi connectivity index (χ2v) is 6.62. The molecular formula is C15H19BrN2O4. The summed E-state index contributed by atoms with van der Waals surface area (Å²) in [5.74, 6) is -0.312. The molecule has 0 aliphatic carbocycles. The summed E-state index contributed by atoms with van der Waals surface area (Å²) in [7, 11) is 1.54. The van der Waals surface area contributed by atoms with Gasteiger partial charge >= 0.3 is 12.0 Å². The Kier molecular flexibility index (Phi) is 4.65. The van der Waals surface area contributed by atoms with Crippen molar-refractivity contribution in [1.82, 2.24) is 4.90 Å². The molecule has 0 spiro atoms. The number of aryl methyl sites for hydroxylation is 1. The molecule has 1 unspecified atom stereocenters. The fraction of sp³-hybridized carbons (Fsp3) is 0.467. The SMILES string of the molecule is COc1cc(C)c(Br)cc1NC(=O)N1CCC(C)(C(=O)O)C1. The minimum Gasteiger partial charge on any atom is -0.495 e. The van der Waals surface area contributed by atoms with Gasteiger partial charge in [0.25, 0.3) is 0 Å². The Morgan fingerprint density at radius 1 is 1.45 bits per heavy atom. The van der Waals surface area contributed by atoms with Gasteiger partial charge in [0.05, 0.1) is 18.2 Å². The Morgan fingerprint density at radius 3 is 2.68 bits per heavy atom. The largest absolute Gasteiger partial charge is 0.495 e. The molecule has 0 aromatic heterocycles. The third-order valence-corrected chi connectivity index (χ3v) is 4.85. The number of carboxylic acids is 1. The van der Waals surface area contributed by atoms with Crippen LogP contribution in [0.4, 0.5) is 10.5 Å². The number of likely N-dealkylation sites (tertiary alicyclic amines) is 1. The maximum Gasteiger partial charge on any atom is 0.321 e. The molecule has 22 heavy (non-hydrogen) atoms. The van der Waals surface area contributed by atoms with Crippen LogP contribution in [-0.4, -0.2) is 42.2 Å². The molecule has 6 nitrogen and oxygen atoms in total. The van der Waals surface area contributed by atoms with E-state index in [1.165, 1.54) is 12.0 Å². The number of halogens is 1. The van der Waals surface area contributed by atoms with Gasteiger partial charge in [-0.05, 0) is 38.0 Å². The summed E-state index contributed by atoms with van der Waals surface area (Å²) in [6.07, 6.45) is 0.449. The lowest BCUT2D eigenvalue weighted by Gasteiger charge is -2.21. The highest BCUT2D eigenvalue weighted by Crippen LogP contribution is 2.33. The van der Waals surface area contributed by atoms with Crippen molar-refractivity contribution in [2.45, 2.75) is 20.3 Å². The Hall–Kier alpha value is -1.76. The Labute approximate surface area is 137 Å². The summed E-state index contributed by atoms with van der Waals surface area (Å²) >= 11 is 3.42. The van der Waals surface area contributed by atoms with Gasteiger partial charge in [0.1, 0.15) is 5.75 Å². The van der Waals surface area contributed by atoms with E-state index in [2.05, 4.69) is 21.2 Å². The first-order valence-corrected chi connectivity index (χ1v) is 7.69. The lowest BCUT2D eigenvalue weighted by atomic mass is 9.90. The molecular weight excluding hydrogens is 352 g/mol. The minimum atomic E-state index is -0.880. The van der Waals surface area contributed by atoms with Crippen LogP contribution in [0.1, 0.15) is 18.9 Å². The number of urea groups is 1. The van der Waals surface area contributed by atoms with Gasteiger partial charge in [-0.25, -0.2) is 4.79 Å². The number of methoxy groups -OCH3 is 1. The third-order valence-electron chi connectivity index (χ3n) is 4.00. The molecule has 2 N–H and O–H groups in total. The molecule has 2 rings (SSSR count). The van der Waals surface area contributed by atoms with Gasteiger partial charge in [-0.1, -0.05) is 15.9 Å². The van der Waals surface area contributed by atoms with Crippen LogP contribution >= 0.6 is 15.9 Å². The van der Waals surface area contributed by atoms with Crippen LogP contribution in [-0.2, 0) is 4.79 Å². The topological polar surface area (TPSA) is 78.9 Å². The number of carbonyl (C=O) groups is 2. The standard InChI is InChI=1S/C15H19BrN2O4/c1-9-6-12(22-3)11(7-10(9)16)17-14(21)18-5-4-15(2,8-18)13(19)20/h6-7H,4-5,8H2,1-3H3,(H,17,21)(H,19,20). The zero-order chi connectivity index (χ0) is 16.5. The van der Waals surface area contributed by atoms with Crippen LogP contribution in [0.5, 0.6) is 5.75 Å². The van der Waals surface area contributed by atoms with Crippen molar-refractivity contribution in [3.05, 3.63) is 22.2 Å². The third kappa shape index (κ3) is 3.19. The van der Waals surface area contributed by atoms with Gasteiger partial charge < -0.3 is 20.1 Å². The monoisotopic (exact) mass is 370 g/mol. The van der Waals surface area contributed by atoms with E-state index in [1.54, 1.807) is 13.0 Å². The summed E-state index contributed by atoms with van der Waals surface area (Å²) in [6, 6.07) is 3.28. The van der Waals surface area contributed by atoms with Crippen LogP contribution in [0.2, 0.25) is 0 Å². The highest BCUT2D eigenvalue weighted by atomic mass is 79.9. The van der Waals surface area contributed by atoms with Crippen molar-refractivity contribution in [3.8, 4) is 5.75 Å². The second kappa shape index (κ2) is 6.16. The van der Waals surface area contributed by atoms with E-state index in [4.69, 9.17) is 4.74 Å². The van der Waals surface area contributed by atoms with Gasteiger partial charge in [0.15, 0.2) is 0 Å². The van der Waals surface area contributed by atoms with E-state index in [0.29, 0.717) is 24.4 Å². The molecule has 120 valence electrons. The molecule has 2 amide bonds. The number of carboxylic acid groups (broad SMARTS) is 1. The van der Waals surface area contributed by atoms with Gasteiger partial charge in [-0.3, -0.25) is 4.79 Å². The number of nitrogens with one attached hydrogen (secondary N) is 1. The van der Waals surface area contributed by atoms with E-state index in [9.17, 15) is 14.7 Å². The molecule has 1 fully saturated rings. The predicted octanol–water partition coefficient (Wildman–Crippen LogP) is 3.09. The van der Waals surface area contributed by atoms with Crippen molar-refractivity contribution in [3.63, 3.8) is 0 Å². The number of carbonyl (C=O) groups excluding carboxylic acids is 1. The average molecular weight is 371 g/mol. The van der Waals surface area contributed by atoms with Gasteiger partial charge in [0, 0.05) is 17.6 Å².